The van der Waals surface area contributed by atoms with Crippen LogP contribution in [0, 0.1) is 0 Å². The lowest BCUT2D eigenvalue weighted by Crippen LogP contribution is -2.46. The van der Waals surface area contributed by atoms with Crippen molar-refractivity contribution in [2.75, 3.05) is 13.2 Å². The fourth-order valence-electron chi connectivity index (χ4n) is 1.31. The van der Waals surface area contributed by atoms with Crippen LogP contribution >= 0.6 is 0 Å². The van der Waals surface area contributed by atoms with Gasteiger partial charge in [-0.25, -0.2) is 4.79 Å². The molecule has 0 aromatic rings. The van der Waals surface area contributed by atoms with E-state index in [4.69, 9.17) is 9.84 Å². The minimum atomic E-state index is -1.98. The van der Waals surface area contributed by atoms with E-state index < -0.39 is 24.5 Å². The number of rotatable bonds is 7. The van der Waals surface area contributed by atoms with E-state index in [1.165, 1.54) is 0 Å². The van der Waals surface area contributed by atoms with Crippen LogP contribution in [0.2, 0.25) is 0 Å². The Morgan fingerprint density at radius 2 is 2.31 bits per heavy atom. The van der Waals surface area contributed by atoms with E-state index in [9.17, 15) is 15.0 Å². The Kier molecular flexibility index (Phi) is 4.67. The summed E-state index contributed by atoms with van der Waals surface area (Å²) in [7, 11) is 0. The highest BCUT2D eigenvalue weighted by Crippen LogP contribution is 2.24. The molecule has 1 rings (SSSR count). The average molecular weight is 234 g/mol. The highest BCUT2D eigenvalue weighted by atomic mass is 16.6. The summed E-state index contributed by atoms with van der Waals surface area (Å²) in [5.74, 6) is -1.01. The second-order valence-electron chi connectivity index (χ2n) is 4.00. The van der Waals surface area contributed by atoms with Gasteiger partial charge in [0.1, 0.15) is 0 Å². The number of epoxide rings is 1. The van der Waals surface area contributed by atoms with E-state index in [0.29, 0.717) is 19.4 Å². The Balaban J connectivity index is 2.46. The van der Waals surface area contributed by atoms with Gasteiger partial charge >= 0.3 is 5.97 Å². The topological polar surface area (TPSA) is 99.5 Å². The zero-order valence-electron chi connectivity index (χ0n) is 9.26. The first kappa shape index (κ1) is 13.4. The summed E-state index contributed by atoms with van der Waals surface area (Å²) in [6.07, 6.45) is -0.518. The van der Waals surface area contributed by atoms with Crippen LogP contribution < -0.4 is 0 Å². The Morgan fingerprint density at radius 1 is 1.69 bits per heavy atom. The number of aliphatic hydroxyl groups excluding tert-OH is 2. The molecule has 0 spiro atoms. The summed E-state index contributed by atoms with van der Waals surface area (Å²) in [4.78, 5) is 11.5. The van der Waals surface area contributed by atoms with Crippen LogP contribution in [0.5, 0.6) is 0 Å². The standard InChI is InChI=1S/C10H18O6/c1-2-3-8(12)16-9(13)10(14,6-11)4-7-5-15-7/h7-8,11-12,14H,2-6H2,1H3. The van der Waals surface area contributed by atoms with Gasteiger partial charge in [0.15, 0.2) is 5.60 Å². The van der Waals surface area contributed by atoms with Crippen molar-refractivity contribution >= 4 is 5.97 Å². The molecule has 0 aromatic carbocycles. The first-order valence-electron chi connectivity index (χ1n) is 5.36. The Bertz CT molecular complexity index is 239. The molecular weight excluding hydrogens is 216 g/mol. The van der Waals surface area contributed by atoms with Crippen molar-refractivity contribution in [3.05, 3.63) is 0 Å². The Morgan fingerprint density at radius 3 is 2.75 bits per heavy atom. The van der Waals surface area contributed by atoms with Crippen LogP contribution in [0.4, 0.5) is 0 Å². The minimum absolute atomic E-state index is 0.0127. The molecule has 0 amide bonds. The number of hydrogen-bond donors (Lipinski definition) is 3. The number of hydrogen-bond acceptors (Lipinski definition) is 6. The average Bonchev–Trinajstić information content (AvgIpc) is 3.01. The maximum absolute atomic E-state index is 11.5. The highest BCUT2D eigenvalue weighted by Gasteiger charge is 2.43. The molecule has 0 bridgehead atoms. The Hall–Kier alpha value is -0.690. The van der Waals surface area contributed by atoms with E-state index in [0.717, 1.165) is 0 Å². The van der Waals surface area contributed by atoms with E-state index in [1.54, 1.807) is 0 Å². The fraction of sp³-hybridized carbons (Fsp3) is 0.900. The van der Waals surface area contributed by atoms with Crippen LogP contribution in [-0.4, -0.2) is 52.5 Å². The quantitative estimate of drug-likeness (QED) is 0.302. The third kappa shape index (κ3) is 3.71. The lowest BCUT2D eigenvalue weighted by molar-refractivity contribution is -0.194. The first-order valence-corrected chi connectivity index (χ1v) is 5.36. The lowest BCUT2D eigenvalue weighted by Gasteiger charge is -2.24. The largest absolute Gasteiger partial charge is 0.434 e. The molecular formula is C10H18O6. The molecule has 94 valence electrons. The lowest BCUT2D eigenvalue weighted by atomic mass is 9.99. The van der Waals surface area contributed by atoms with E-state index in [2.05, 4.69) is 4.74 Å². The van der Waals surface area contributed by atoms with Crippen LogP contribution in [-0.2, 0) is 14.3 Å². The second-order valence-corrected chi connectivity index (χ2v) is 4.00. The van der Waals surface area contributed by atoms with Gasteiger partial charge in [-0.2, -0.15) is 0 Å². The summed E-state index contributed by atoms with van der Waals surface area (Å²) < 4.78 is 9.49. The van der Waals surface area contributed by atoms with E-state index in [1.807, 2.05) is 6.92 Å². The summed E-state index contributed by atoms with van der Waals surface area (Å²) >= 11 is 0. The second kappa shape index (κ2) is 5.58. The van der Waals surface area contributed by atoms with Crippen molar-refractivity contribution in [1.29, 1.82) is 0 Å². The predicted molar refractivity (Wildman–Crippen MR) is 53.4 cm³/mol. The normalized spacial score (nSPS) is 24.6. The molecule has 3 N–H and O–H groups in total. The smallest absolute Gasteiger partial charge is 0.342 e. The Labute approximate surface area is 93.8 Å². The van der Waals surface area contributed by atoms with Gasteiger partial charge in [-0.3, -0.25) is 0 Å². The van der Waals surface area contributed by atoms with Crippen molar-refractivity contribution in [3.8, 4) is 0 Å². The van der Waals surface area contributed by atoms with Crippen LogP contribution in [0.3, 0.4) is 0 Å². The number of carbonyl (C=O) groups is 1. The number of esters is 1. The van der Waals surface area contributed by atoms with Crippen molar-refractivity contribution < 1.29 is 29.6 Å². The molecule has 0 radical (unpaired) electrons. The molecule has 3 atom stereocenters. The molecule has 0 aromatic heterocycles. The molecule has 16 heavy (non-hydrogen) atoms. The number of carbonyl (C=O) groups excluding carboxylic acids is 1. The molecule has 1 aliphatic rings. The van der Waals surface area contributed by atoms with Gasteiger partial charge in [0.05, 0.1) is 19.3 Å². The third-order valence-electron chi connectivity index (χ3n) is 2.39. The number of ether oxygens (including phenoxy) is 2. The van der Waals surface area contributed by atoms with Crippen LogP contribution in [0.1, 0.15) is 26.2 Å². The molecule has 1 saturated heterocycles. The monoisotopic (exact) mass is 234 g/mol. The molecule has 6 heteroatoms. The van der Waals surface area contributed by atoms with Crippen molar-refractivity contribution in [2.45, 2.75) is 44.2 Å². The van der Waals surface area contributed by atoms with E-state index in [-0.39, 0.29) is 12.5 Å². The van der Waals surface area contributed by atoms with Gasteiger partial charge in [-0.1, -0.05) is 13.3 Å². The molecule has 6 nitrogen and oxygen atoms in total. The molecule has 0 aliphatic carbocycles. The zero-order valence-corrected chi connectivity index (χ0v) is 9.26. The zero-order chi connectivity index (χ0) is 12.2. The van der Waals surface area contributed by atoms with Crippen LogP contribution in [0.25, 0.3) is 0 Å². The van der Waals surface area contributed by atoms with E-state index >= 15 is 0 Å². The van der Waals surface area contributed by atoms with Gasteiger partial charge in [0.25, 0.3) is 0 Å². The molecule has 3 unspecified atom stereocenters. The highest BCUT2D eigenvalue weighted by molar-refractivity contribution is 5.79. The van der Waals surface area contributed by atoms with Crippen molar-refractivity contribution in [1.82, 2.24) is 0 Å². The van der Waals surface area contributed by atoms with Gasteiger partial charge < -0.3 is 24.8 Å². The van der Waals surface area contributed by atoms with Crippen LogP contribution in [0.15, 0.2) is 0 Å². The summed E-state index contributed by atoms with van der Waals surface area (Å²) in [6, 6.07) is 0. The SMILES string of the molecule is CCCC(O)OC(=O)C(O)(CO)CC1CO1. The molecule has 1 heterocycles. The molecule has 1 aliphatic heterocycles. The fourth-order valence-corrected chi connectivity index (χ4v) is 1.31. The maximum Gasteiger partial charge on any atom is 0.342 e. The number of aliphatic hydroxyl groups is 3. The third-order valence-corrected chi connectivity index (χ3v) is 2.39. The maximum atomic E-state index is 11.5. The van der Waals surface area contributed by atoms with Crippen molar-refractivity contribution in [3.63, 3.8) is 0 Å². The molecule has 0 saturated carbocycles. The summed E-state index contributed by atoms with van der Waals surface area (Å²) in [5, 5.41) is 28.0. The predicted octanol–water partition coefficient (Wildman–Crippen LogP) is -0.840. The first-order chi connectivity index (χ1) is 7.51. The van der Waals surface area contributed by atoms with Crippen molar-refractivity contribution in [2.24, 2.45) is 0 Å². The van der Waals surface area contributed by atoms with Gasteiger partial charge in [0, 0.05) is 12.8 Å². The van der Waals surface area contributed by atoms with Gasteiger partial charge in [-0.15, -0.1) is 0 Å². The molecule has 1 fully saturated rings. The van der Waals surface area contributed by atoms with Gasteiger partial charge in [0.2, 0.25) is 6.29 Å². The van der Waals surface area contributed by atoms with Gasteiger partial charge in [-0.05, 0) is 0 Å². The summed E-state index contributed by atoms with van der Waals surface area (Å²) in [5.41, 5.74) is -1.98. The minimum Gasteiger partial charge on any atom is -0.434 e. The summed E-state index contributed by atoms with van der Waals surface area (Å²) in [6.45, 7) is 1.55.